The molecule has 2 N–H and O–H groups in total. The van der Waals surface area contributed by atoms with E-state index in [0.29, 0.717) is 5.75 Å². The number of carboxylic acids is 1. The minimum absolute atomic E-state index is 0.0499. The molecular formula is C13H14F3NO5. The van der Waals surface area contributed by atoms with Crippen LogP contribution in [-0.2, 0) is 4.79 Å². The number of hydrogen-bond acceptors (Lipinski definition) is 4. The van der Waals surface area contributed by atoms with Crippen LogP contribution in [0.3, 0.4) is 0 Å². The number of carbonyl (C=O) groups excluding carboxylic acids is 1. The molecule has 0 saturated carbocycles. The normalized spacial score (nSPS) is 12.4. The van der Waals surface area contributed by atoms with Crippen molar-refractivity contribution in [1.29, 1.82) is 0 Å². The molecule has 122 valence electrons. The Hall–Kier alpha value is -2.45. The van der Waals surface area contributed by atoms with Gasteiger partial charge < -0.3 is 19.9 Å². The average molecular weight is 321 g/mol. The minimum Gasteiger partial charge on any atom is -0.493 e. The molecule has 0 fully saturated rings. The number of benzene rings is 1. The maximum Gasteiger partial charge on any atom is 0.391 e. The van der Waals surface area contributed by atoms with Gasteiger partial charge in [-0.15, -0.1) is 0 Å². The van der Waals surface area contributed by atoms with Crippen LogP contribution in [0.2, 0.25) is 0 Å². The molecule has 1 amide bonds. The monoisotopic (exact) mass is 321 g/mol. The van der Waals surface area contributed by atoms with E-state index in [0.717, 1.165) is 0 Å². The van der Waals surface area contributed by atoms with Gasteiger partial charge in [0.25, 0.3) is 5.91 Å². The Morgan fingerprint density at radius 2 is 1.82 bits per heavy atom. The van der Waals surface area contributed by atoms with E-state index in [-0.39, 0.29) is 11.3 Å². The standard InChI is InChI=1S/C13H14F3NO5/c1-21-9-4-3-7(5-10(9)22-2)11(18)17-8(12(19)20)6-13(14,15)16/h3-5,8H,6H2,1-2H3,(H,17,18)(H,19,20). The van der Waals surface area contributed by atoms with E-state index in [9.17, 15) is 22.8 Å². The zero-order valence-electron chi connectivity index (χ0n) is 11.7. The third kappa shape index (κ3) is 4.83. The lowest BCUT2D eigenvalue weighted by Crippen LogP contribution is -2.43. The van der Waals surface area contributed by atoms with E-state index < -0.39 is 30.5 Å². The summed E-state index contributed by atoms with van der Waals surface area (Å²) in [6.07, 6.45) is -6.38. The van der Waals surface area contributed by atoms with Gasteiger partial charge in [-0.25, -0.2) is 4.79 Å². The fraction of sp³-hybridized carbons (Fsp3) is 0.385. The molecule has 0 spiro atoms. The smallest absolute Gasteiger partial charge is 0.391 e. The number of amides is 1. The Labute approximate surface area is 123 Å². The van der Waals surface area contributed by atoms with Crippen LogP contribution in [0, 0.1) is 0 Å². The van der Waals surface area contributed by atoms with Crippen LogP contribution in [0.25, 0.3) is 0 Å². The summed E-state index contributed by atoms with van der Waals surface area (Å²) < 4.78 is 46.8. The molecule has 1 aromatic carbocycles. The molecule has 9 heteroatoms. The molecule has 0 aliphatic rings. The predicted octanol–water partition coefficient (Wildman–Crippen LogP) is 1.84. The molecule has 0 aliphatic carbocycles. The van der Waals surface area contributed by atoms with Gasteiger partial charge in [-0.3, -0.25) is 4.79 Å². The van der Waals surface area contributed by atoms with Crippen LogP contribution in [0.1, 0.15) is 16.8 Å². The second-order valence-corrected chi connectivity index (χ2v) is 4.25. The van der Waals surface area contributed by atoms with Gasteiger partial charge in [0, 0.05) is 5.56 Å². The van der Waals surface area contributed by atoms with Crippen LogP contribution in [0.15, 0.2) is 18.2 Å². The SMILES string of the molecule is COc1ccc(C(=O)NC(CC(F)(F)F)C(=O)O)cc1OC. The number of halogens is 3. The first kappa shape index (κ1) is 17.6. The molecule has 1 aromatic rings. The highest BCUT2D eigenvalue weighted by Crippen LogP contribution is 2.28. The Morgan fingerprint density at radius 3 is 2.27 bits per heavy atom. The number of carbonyl (C=O) groups is 2. The maximum absolute atomic E-state index is 12.3. The van der Waals surface area contributed by atoms with Crippen molar-refractivity contribution < 1.29 is 37.3 Å². The average Bonchev–Trinajstić information content (AvgIpc) is 2.44. The zero-order chi connectivity index (χ0) is 16.9. The van der Waals surface area contributed by atoms with Crippen molar-refractivity contribution >= 4 is 11.9 Å². The van der Waals surface area contributed by atoms with E-state index in [4.69, 9.17) is 14.6 Å². The quantitative estimate of drug-likeness (QED) is 0.835. The summed E-state index contributed by atoms with van der Waals surface area (Å²) in [5.41, 5.74) is -0.0499. The van der Waals surface area contributed by atoms with E-state index >= 15 is 0 Å². The molecule has 0 bridgehead atoms. The van der Waals surface area contributed by atoms with Crippen molar-refractivity contribution in [3.8, 4) is 11.5 Å². The first-order valence-electron chi connectivity index (χ1n) is 6.00. The molecule has 0 radical (unpaired) electrons. The number of hydrogen-bond donors (Lipinski definition) is 2. The van der Waals surface area contributed by atoms with E-state index in [1.54, 1.807) is 0 Å². The summed E-state index contributed by atoms with van der Waals surface area (Å²) in [5, 5.41) is 10.6. The van der Waals surface area contributed by atoms with Crippen molar-refractivity contribution in [2.45, 2.75) is 18.6 Å². The summed E-state index contributed by atoms with van der Waals surface area (Å²) in [6, 6.07) is 1.83. The number of nitrogens with one attached hydrogen (secondary N) is 1. The van der Waals surface area contributed by atoms with Crippen molar-refractivity contribution in [3.05, 3.63) is 23.8 Å². The Balaban J connectivity index is 2.93. The molecule has 1 rings (SSSR count). The number of rotatable bonds is 6. The molecule has 0 aromatic heterocycles. The Morgan fingerprint density at radius 1 is 1.23 bits per heavy atom. The highest BCUT2D eigenvalue weighted by Gasteiger charge is 2.36. The van der Waals surface area contributed by atoms with Gasteiger partial charge in [0.1, 0.15) is 6.04 Å². The molecule has 1 atom stereocenters. The fourth-order valence-corrected chi connectivity index (χ4v) is 1.65. The van der Waals surface area contributed by atoms with Crippen LogP contribution >= 0.6 is 0 Å². The van der Waals surface area contributed by atoms with Gasteiger partial charge in [-0.1, -0.05) is 0 Å². The first-order valence-corrected chi connectivity index (χ1v) is 6.00. The van der Waals surface area contributed by atoms with Crippen LogP contribution < -0.4 is 14.8 Å². The Kier molecular flexibility index (Phi) is 5.61. The van der Waals surface area contributed by atoms with Gasteiger partial charge in [-0.2, -0.15) is 13.2 Å². The summed E-state index contributed by atoms with van der Waals surface area (Å²) in [7, 11) is 2.70. The highest BCUT2D eigenvalue weighted by molar-refractivity contribution is 5.97. The van der Waals surface area contributed by atoms with Crippen LogP contribution in [-0.4, -0.2) is 43.4 Å². The number of alkyl halides is 3. The van der Waals surface area contributed by atoms with Crippen LogP contribution in [0.5, 0.6) is 11.5 Å². The van der Waals surface area contributed by atoms with Gasteiger partial charge in [-0.05, 0) is 18.2 Å². The van der Waals surface area contributed by atoms with Gasteiger partial charge in [0.05, 0.1) is 20.6 Å². The molecular weight excluding hydrogens is 307 g/mol. The number of aliphatic carboxylic acids is 1. The third-order valence-electron chi connectivity index (χ3n) is 2.68. The second kappa shape index (κ2) is 7.01. The molecule has 0 saturated heterocycles. The molecule has 6 nitrogen and oxygen atoms in total. The van der Waals surface area contributed by atoms with Crippen molar-refractivity contribution in [3.63, 3.8) is 0 Å². The van der Waals surface area contributed by atoms with Crippen molar-refractivity contribution in [1.82, 2.24) is 5.32 Å². The molecule has 0 aliphatic heterocycles. The second-order valence-electron chi connectivity index (χ2n) is 4.25. The van der Waals surface area contributed by atoms with Crippen LogP contribution in [0.4, 0.5) is 13.2 Å². The van der Waals surface area contributed by atoms with Gasteiger partial charge >= 0.3 is 12.1 Å². The summed E-state index contributed by atoms with van der Waals surface area (Å²) >= 11 is 0. The lowest BCUT2D eigenvalue weighted by molar-refractivity contribution is -0.157. The number of methoxy groups -OCH3 is 2. The summed E-state index contributed by atoms with van der Waals surface area (Å²) in [4.78, 5) is 22.7. The summed E-state index contributed by atoms with van der Waals surface area (Å²) in [5.74, 6) is -2.22. The lowest BCUT2D eigenvalue weighted by atomic mass is 10.1. The molecule has 0 heterocycles. The van der Waals surface area contributed by atoms with E-state index in [2.05, 4.69) is 0 Å². The maximum atomic E-state index is 12.3. The van der Waals surface area contributed by atoms with Gasteiger partial charge in [0.2, 0.25) is 0 Å². The molecule has 1 unspecified atom stereocenters. The zero-order valence-corrected chi connectivity index (χ0v) is 11.7. The third-order valence-corrected chi connectivity index (χ3v) is 2.68. The van der Waals surface area contributed by atoms with Gasteiger partial charge in [0.15, 0.2) is 11.5 Å². The molecule has 22 heavy (non-hydrogen) atoms. The van der Waals surface area contributed by atoms with Crippen molar-refractivity contribution in [2.24, 2.45) is 0 Å². The van der Waals surface area contributed by atoms with E-state index in [1.165, 1.54) is 32.4 Å². The van der Waals surface area contributed by atoms with E-state index in [1.807, 2.05) is 5.32 Å². The lowest BCUT2D eigenvalue weighted by Gasteiger charge is -2.16. The largest absolute Gasteiger partial charge is 0.493 e. The highest BCUT2D eigenvalue weighted by atomic mass is 19.4. The topological polar surface area (TPSA) is 84.9 Å². The summed E-state index contributed by atoms with van der Waals surface area (Å²) in [6.45, 7) is 0. The number of carboxylic acid groups (broad SMARTS) is 1. The predicted molar refractivity (Wildman–Crippen MR) is 69.1 cm³/mol. The minimum atomic E-state index is -4.71. The Bertz CT molecular complexity index is 559. The first-order chi connectivity index (χ1) is 10.2. The fourth-order valence-electron chi connectivity index (χ4n) is 1.65. The number of ether oxygens (including phenoxy) is 2. The van der Waals surface area contributed by atoms with Crippen molar-refractivity contribution in [2.75, 3.05) is 14.2 Å².